The van der Waals surface area contributed by atoms with E-state index in [4.69, 9.17) is 19.3 Å². The molecule has 1 aliphatic carbocycles. The summed E-state index contributed by atoms with van der Waals surface area (Å²) in [5.74, 6) is 0.938. The third kappa shape index (κ3) is 4.44. The Bertz CT molecular complexity index is 728. The molecule has 0 heterocycles. The molecule has 3 atom stereocenters. The minimum atomic E-state index is -0.164. The quantitative estimate of drug-likeness (QED) is 0.633. The molecule has 4 nitrogen and oxygen atoms in total. The molecule has 0 saturated carbocycles. The second kappa shape index (κ2) is 8.67. The number of aliphatic hydroxyl groups is 1. The van der Waals surface area contributed by atoms with Crippen LogP contribution in [0.2, 0.25) is 0 Å². The Kier molecular flexibility index (Phi) is 6.30. The van der Waals surface area contributed by atoms with Gasteiger partial charge in [0.2, 0.25) is 0 Å². The van der Waals surface area contributed by atoms with Crippen LogP contribution >= 0.6 is 0 Å². The lowest BCUT2D eigenvalue weighted by atomic mass is 10.1. The molecule has 0 fully saturated rings. The van der Waals surface area contributed by atoms with Gasteiger partial charge in [0.25, 0.3) is 0 Å². The molecular formula is C22H28O4. The maximum atomic E-state index is 8.99. The van der Waals surface area contributed by atoms with Gasteiger partial charge in [0, 0.05) is 12.0 Å². The Balaban J connectivity index is 1.55. The fourth-order valence-corrected chi connectivity index (χ4v) is 3.19. The van der Waals surface area contributed by atoms with Crippen molar-refractivity contribution >= 4 is 0 Å². The van der Waals surface area contributed by atoms with E-state index in [-0.39, 0.29) is 24.9 Å². The Hall–Kier alpha value is -1.88. The van der Waals surface area contributed by atoms with Crippen molar-refractivity contribution in [3.8, 4) is 16.9 Å². The van der Waals surface area contributed by atoms with Crippen LogP contribution in [0.5, 0.6) is 5.75 Å². The minimum Gasteiger partial charge on any atom is -0.488 e. The molecular weight excluding hydrogens is 328 g/mol. The first-order valence-electron chi connectivity index (χ1n) is 9.29. The molecule has 4 heteroatoms. The highest BCUT2D eigenvalue weighted by atomic mass is 16.6. The molecule has 0 aliphatic heterocycles. The number of fused-ring (bicyclic) bond motifs is 3. The summed E-state index contributed by atoms with van der Waals surface area (Å²) in [5.41, 5.74) is 5.19. The molecule has 0 aromatic heterocycles. The van der Waals surface area contributed by atoms with E-state index in [1.54, 1.807) is 0 Å². The fraction of sp³-hybridized carbons (Fsp3) is 0.455. The maximum absolute atomic E-state index is 8.99. The van der Waals surface area contributed by atoms with Crippen LogP contribution in [0.4, 0.5) is 0 Å². The van der Waals surface area contributed by atoms with Gasteiger partial charge in [-0.15, -0.1) is 0 Å². The molecule has 3 rings (SSSR count). The highest BCUT2D eigenvalue weighted by Gasteiger charge is 2.22. The van der Waals surface area contributed by atoms with Gasteiger partial charge in [0.05, 0.1) is 32.0 Å². The normalized spacial score (nSPS) is 15.8. The molecule has 0 spiro atoms. The summed E-state index contributed by atoms with van der Waals surface area (Å²) in [6.45, 7) is 6.80. The van der Waals surface area contributed by atoms with Crippen molar-refractivity contribution in [1.82, 2.24) is 0 Å². The van der Waals surface area contributed by atoms with Crippen LogP contribution in [-0.2, 0) is 15.9 Å². The van der Waals surface area contributed by atoms with Crippen LogP contribution in [0, 0.1) is 0 Å². The van der Waals surface area contributed by atoms with E-state index < -0.39 is 0 Å². The molecule has 0 radical (unpaired) electrons. The molecule has 2 aromatic rings. The number of aliphatic hydroxyl groups excluding tert-OH is 1. The van der Waals surface area contributed by atoms with Crippen LogP contribution in [0.25, 0.3) is 11.1 Å². The summed E-state index contributed by atoms with van der Waals surface area (Å²) in [4.78, 5) is 0. The second-order valence-corrected chi connectivity index (χ2v) is 7.02. The maximum Gasteiger partial charge on any atom is 0.123 e. The second-order valence-electron chi connectivity index (χ2n) is 7.02. The molecule has 2 aromatic carbocycles. The highest BCUT2D eigenvalue weighted by molar-refractivity contribution is 5.78. The van der Waals surface area contributed by atoms with Gasteiger partial charge in [-0.25, -0.2) is 0 Å². The van der Waals surface area contributed by atoms with Crippen molar-refractivity contribution in [2.75, 3.05) is 19.8 Å². The lowest BCUT2D eigenvalue weighted by molar-refractivity contribution is -0.0591. The molecule has 1 aliphatic rings. The van der Waals surface area contributed by atoms with Crippen molar-refractivity contribution in [2.24, 2.45) is 0 Å². The zero-order chi connectivity index (χ0) is 18.5. The van der Waals surface area contributed by atoms with Crippen LogP contribution in [0.3, 0.4) is 0 Å². The van der Waals surface area contributed by atoms with Crippen molar-refractivity contribution in [2.45, 2.75) is 45.5 Å². The van der Waals surface area contributed by atoms with Gasteiger partial charge >= 0.3 is 0 Å². The predicted octanol–water partition coefficient (Wildman–Crippen LogP) is 3.83. The summed E-state index contributed by atoms with van der Waals surface area (Å²) in [5, 5.41) is 8.99. The first-order valence-corrected chi connectivity index (χ1v) is 9.29. The standard InChI is InChI=1S/C22H28O4/c1-15(12-23)24-13-16(2)25-14-17(3)26-22-10-6-9-20-19-8-5-4-7-18(19)11-21(20)22/h4-10,15-17,23H,11-14H2,1-3H3. The molecule has 1 N–H and O–H groups in total. The van der Waals surface area contributed by atoms with Crippen molar-refractivity contribution in [3.05, 3.63) is 53.6 Å². The lowest BCUT2D eigenvalue weighted by Crippen LogP contribution is -2.27. The number of benzene rings is 2. The van der Waals surface area contributed by atoms with E-state index in [1.165, 1.54) is 22.3 Å². The van der Waals surface area contributed by atoms with E-state index in [1.807, 2.05) is 26.8 Å². The van der Waals surface area contributed by atoms with Crippen molar-refractivity contribution in [3.63, 3.8) is 0 Å². The monoisotopic (exact) mass is 356 g/mol. The van der Waals surface area contributed by atoms with Crippen molar-refractivity contribution in [1.29, 1.82) is 0 Å². The number of ether oxygens (including phenoxy) is 3. The van der Waals surface area contributed by atoms with E-state index in [0.29, 0.717) is 13.2 Å². The predicted molar refractivity (Wildman–Crippen MR) is 103 cm³/mol. The highest BCUT2D eigenvalue weighted by Crippen LogP contribution is 2.41. The Morgan fingerprint density at radius 3 is 2.35 bits per heavy atom. The summed E-state index contributed by atoms with van der Waals surface area (Å²) in [7, 11) is 0. The van der Waals surface area contributed by atoms with Gasteiger partial charge in [-0.1, -0.05) is 36.4 Å². The number of rotatable bonds is 9. The van der Waals surface area contributed by atoms with E-state index in [9.17, 15) is 0 Å². The lowest BCUT2D eigenvalue weighted by Gasteiger charge is -2.21. The van der Waals surface area contributed by atoms with Gasteiger partial charge in [-0.2, -0.15) is 0 Å². The SMILES string of the molecule is CC(CO)OCC(C)OCC(C)Oc1cccc2c1Cc1ccccc1-2. The zero-order valence-electron chi connectivity index (χ0n) is 15.8. The van der Waals surface area contributed by atoms with Crippen LogP contribution < -0.4 is 4.74 Å². The number of hydrogen-bond donors (Lipinski definition) is 1. The summed E-state index contributed by atoms with van der Waals surface area (Å²) in [6.07, 6.45) is 0.658. The van der Waals surface area contributed by atoms with Crippen LogP contribution in [-0.4, -0.2) is 43.2 Å². The zero-order valence-corrected chi connectivity index (χ0v) is 15.8. The molecule has 140 valence electrons. The van der Waals surface area contributed by atoms with Gasteiger partial charge < -0.3 is 19.3 Å². The third-order valence-electron chi connectivity index (χ3n) is 4.62. The first-order chi connectivity index (χ1) is 12.6. The topological polar surface area (TPSA) is 47.9 Å². The fourth-order valence-electron chi connectivity index (χ4n) is 3.19. The van der Waals surface area contributed by atoms with Gasteiger partial charge in [0.1, 0.15) is 11.9 Å². The number of hydrogen-bond acceptors (Lipinski definition) is 4. The van der Waals surface area contributed by atoms with E-state index >= 15 is 0 Å². The Morgan fingerprint density at radius 2 is 1.54 bits per heavy atom. The molecule has 26 heavy (non-hydrogen) atoms. The van der Waals surface area contributed by atoms with Gasteiger partial charge in [-0.05, 0) is 43.5 Å². The average molecular weight is 356 g/mol. The minimum absolute atomic E-state index is 0.0216. The largest absolute Gasteiger partial charge is 0.488 e. The van der Waals surface area contributed by atoms with Gasteiger partial charge in [-0.3, -0.25) is 0 Å². The summed E-state index contributed by atoms with van der Waals surface area (Å²) >= 11 is 0. The Morgan fingerprint density at radius 1 is 0.846 bits per heavy atom. The smallest absolute Gasteiger partial charge is 0.123 e. The third-order valence-corrected chi connectivity index (χ3v) is 4.62. The average Bonchev–Trinajstić information content (AvgIpc) is 3.04. The van der Waals surface area contributed by atoms with Gasteiger partial charge in [0.15, 0.2) is 0 Å². The molecule has 0 amide bonds. The summed E-state index contributed by atoms with van der Waals surface area (Å²) < 4.78 is 17.5. The first kappa shape index (κ1) is 18.9. The van der Waals surface area contributed by atoms with Crippen molar-refractivity contribution < 1.29 is 19.3 Å². The molecule has 0 saturated heterocycles. The van der Waals surface area contributed by atoms with Crippen LogP contribution in [0.1, 0.15) is 31.9 Å². The molecule has 3 unspecified atom stereocenters. The Labute approximate surface area is 155 Å². The van der Waals surface area contributed by atoms with E-state index in [2.05, 4.69) is 36.4 Å². The van der Waals surface area contributed by atoms with E-state index in [0.717, 1.165) is 12.2 Å². The molecule has 0 bridgehead atoms. The summed E-state index contributed by atoms with van der Waals surface area (Å²) in [6, 6.07) is 14.8. The van der Waals surface area contributed by atoms with Crippen LogP contribution in [0.15, 0.2) is 42.5 Å².